The molecule has 9 heteroatoms. The number of aliphatic hydroxyl groups is 3. The van der Waals surface area contributed by atoms with Crippen LogP contribution in [-0.2, 0) is 9.53 Å². The number of rotatable bonds is 2. The lowest BCUT2D eigenvalue weighted by Crippen LogP contribution is -2.64. The summed E-state index contributed by atoms with van der Waals surface area (Å²) in [6.45, 7) is -0.471. The predicted molar refractivity (Wildman–Crippen MR) is 52.7 cm³/mol. The molecule has 2 heterocycles. The third-order valence-corrected chi connectivity index (χ3v) is 2.96. The number of hydrogen-bond donors (Lipinski definition) is 4. The summed E-state index contributed by atoms with van der Waals surface area (Å²) in [5.41, 5.74) is 0. The standard InChI is InChI=1S/C9H13FN2O6/c10-6-7(15)11-9(17)12(8(6)16)5-1-3(14)4(2-13)18-5/h3-6,8,13-14,16H,1-2H2,(H,11,15,17). The van der Waals surface area contributed by atoms with Gasteiger partial charge in [-0.1, -0.05) is 0 Å². The molecule has 0 radical (unpaired) electrons. The number of carbonyl (C=O) groups is 2. The van der Waals surface area contributed by atoms with E-state index in [0.717, 1.165) is 0 Å². The SMILES string of the molecule is O=C1NC(=O)N(C2CC(O)C(CO)O2)C(O)C1F. The van der Waals surface area contributed by atoms with Gasteiger partial charge in [-0.25, -0.2) is 9.18 Å². The van der Waals surface area contributed by atoms with Crippen molar-refractivity contribution in [2.45, 2.75) is 37.3 Å². The smallest absolute Gasteiger partial charge is 0.328 e. The van der Waals surface area contributed by atoms with E-state index in [-0.39, 0.29) is 6.42 Å². The van der Waals surface area contributed by atoms with Crippen molar-refractivity contribution in [2.24, 2.45) is 0 Å². The summed E-state index contributed by atoms with van der Waals surface area (Å²) < 4.78 is 18.4. The van der Waals surface area contributed by atoms with Gasteiger partial charge in [0.05, 0.1) is 12.7 Å². The first-order valence-electron chi connectivity index (χ1n) is 5.35. The molecule has 3 amide bonds. The van der Waals surface area contributed by atoms with E-state index in [1.54, 1.807) is 5.32 Å². The molecule has 0 aromatic rings. The average molecular weight is 264 g/mol. The maximum atomic E-state index is 13.3. The molecule has 0 spiro atoms. The van der Waals surface area contributed by atoms with Crippen molar-refractivity contribution in [3.05, 3.63) is 0 Å². The van der Waals surface area contributed by atoms with Gasteiger partial charge in [0.15, 0.2) is 6.23 Å². The molecule has 2 saturated heterocycles. The Morgan fingerprint density at radius 1 is 1.44 bits per heavy atom. The van der Waals surface area contributed by atoms with Crippen LogP contribution in [0.3, 0.4) is 0 Å². The third-order valence-electron chi connectivity index (χ3n) is 2.96. The van der Waals surface area contributed by atoms with Crippen LogP contribution in [0.2, 0.25) is 0 Å². The minimum Gasteiger partial charge on any atom is -0.394 e. The molecule has 0 saturated carbocycles. The molecular weight excluding hydrogens is 251 g/mol. The van der Waals surface area contributed by atoms with Gasteiger partial charge >= 0.3 is 6.03 Å². The van der Waals surface area contributed by atoms with E-state index < -0.39 is 49.4 Å². The van der Waals surface area contributed by atoms with Crippen molar-refractivity contribution in [1.29, 1.82) is 0 Å². The number of amides is 3. The molecule has 5 unspecified atom stereocenters. The van der Waals surface area contributed by atoms with Gasteiger partial charge in [0.1, 0.15) is 12.3 Å². The molecule has 2 fully saturated rings. The first-order chi connectivity index (χ1) is 8.45. The van der Waals surface area contributed by atoms with Gasteiger partial charge < -0.3 is 20.1 Å². The van der Waals surface area contributed by atoms with Gasteiger partial charge in [0, 0.05) is 6.42 Å². The van der Waals surface area contributed by atoms with Gasteiger partial charge in [-0.05, 0) is 0 Å². The molecule has 18 heavy (non-hydrogen) atoms. The largest absolute Gasteiger partial charge is 0.394 e. The molecule has 0 aromatic carbocycles. The minimum absolute atomic E-state index is 0.0867. The Morgan fingerprint density at radius 2 is 2.11 bits per heavy atom. The molecule has 2 aliphatic rings. The van der Waals surface area contributed by atoms with Crippen LogP contribution in [0.4, 0.5) is 9.18 Å². The number of hydrogen-bond acceptors (Lipinski definition) is 6. The van der Waals surface area contributed by atoms with E-state index in [4.69, 9.17) is 9.84 Å². The molecule has 2 rings (SSSR count). The highest BCUT2D eigenvalue weighted by Gasteiger charge is 2.48. The van der Waals surface area contributed by atoms with Crippen molar-refractivity contribution in [3.8, 4) is 0 Å². The number of nitrogens with zero attached hydrogens (tertiary/aromatic N) is 1. The Kier molecular flexibility index (Phi) is 3.48. The van der Waals surface area contributed by atoms with Crippen LogP contribution >= 0.6 is 0 Å². The molecule has 0 bridgehead atoms. The van der Waals surface area contributed by atoms with Gasteiger partial charge in [-0.3, -0.25) is 15.0 Å². The van der Waals surface area contributed by atoms with Crippen molar-refractivity contribution in [3.63, 3.8) is 0 Å². The monoisotopic (exact) mass is 264 g/mol. The van der Waals surface area contributed by atoms with Crippen molar-refractivity contribution in [1.82, 2.24) is 10.2 Å². The molecule has 8 nitrogen and oxygen atoms in total. The second-order valence-electron chi connectivity index (χ2n) is 4.13. The summed E-state index contributed by atoms with van der Waals surface area (Å²) >= 11 is 0. The second-order valence-corrected chi connectivity index (χ2v) is 4.13. The number of halogens is 1. The third kappa shape index (κ3) is 2.05. The summed E-state index contributed by atoms with van der Waals surface area (Å²) in [6, 6.07) is -1.00. The molecular formula is C9H13FN2O6. The highest BCUT2D eigenvalue weighted by atomic mass is 19.1. The summed E-state index contributed by atoms with van der Waals surface area (Å²) in [4.78, 5) is 23.0. The van der Waals surface area contributed by atoms with Gasteiger partial charge in [0.2, 0.25) is 6.17 Å². The van der Waals surface area contributed by atoms with E-state index in [9.17, 15) is 24.2 Å². The maximum absolute atomic E-state index is 13.3. The van der Waals surface area contributed by atoms with Gasteiger partial charge in [0.25, 0.3) is 5.91 Å². The normalized spacial score (nSPS) is 41.1. The lowest BCUT2D eigenvalue weighted by atomic mass is 10.1. The fourth-order valence-electron chi connectivity index (χ4n) is 1.99. The number of urea groups is 1. The first kappa shape index (κ1) is 13.1. The predicted octanol–water partition coefficient (Wildman–Crippen LogP) is -2.34. The van der Waals surface area contributed by atoms with E-state index in [1.807, 2.05) is 0 Å². The number of aliphatic hydroxyl groups excluding tert-OH is 3. The summed E-state index contributed by atoms with van der Waals surface area (Å²) in [5, 5.41) is 29.6. The lowest BCUT2D eigenvalue weighted by Gasteiger charge is -2.36. The summed E-state index contributed by atoms with van der Waals surface area (Å²) in [7, 11) is 0. The topological polar surface area (TPSA) is 119 Å². The number of carbonyl (C=O) groups excluding carboxylic acids is 2. The van der Waals surface area contributed by atoms with Crippen LogP contribution in [0.5, 0.6) is 0 Å². The average Bonchev–Trinajstić information content (AvgIpc) is 2.67. The Morgan fingerprint density at radius 3 is 2.67 bits per heavy atom. The Hall–Kier alpha value is -1.29. The quantitative estimate of drug-likeness (QED) is 0.444. The molecule has 0 aliphatic carbocycles. The fourth-order valence-corrected chi connectivity index (χ4v) is 1.99. The maximum Gasteiger partial charge on any atom is 0.328 e. The zero-order chi connectivity index (χ0) is 13.4. The van der Waals surface area contributed by atoms with E-state index in [2.05, 4.69) is 0 Å². The molecule has 2 aliphatic heterocycles. The van der Waals surface area contributed by atoms with Crippen molar-refractivity contribution >= 4 is 11.9 Å². The van der Waals surface area contributed by atoms with Crippen LogP contribution in [0, 0.1) is 0 Å². The molecule has 102 valence electrons. The summed E-state index contributed by atoms with van der Waals surface area (Å²) in [6.07, 6.45) is -7.38. The van der Waals surface area contributed by atoms with E-state index in [1.165, 1.54) is 0 Å². The lowest BCUT2D eigenvalue weighted by molar-refractivity contribution is -0.157. The molecule has 0 aromatic heterocycles. The molecule has 4 N–H and O–H groups in total. The Labute approximate surface area is 101 Å². The van der Waals surface area contributed by atoms with Crippen LogP contribution in [0.1, 0.15) is 6.42 Å². The highest BCUT2D eigenvalue weighted by Crippen LogP contribution is 2.27. The molecule has 5 atom stereocenters. The van der Waals surface area contributed by atoms with Crippen LogP contribution in [0.25, 0.3) is 0 Å². The summed E-state index contributed by atoms with van der Waals surface area (Å²) in [5.74, 6) is -1.22. The zero-order valence-electron chi connectivity index (χ0n) is 9.19. The zero-order valence-corrected chi connectivity index (χ0v) is 9.19. The Balaban J connectivity index is 2.13. The second kappa shape index (κ2) is 4.76. The fraction of sp³-hybridized carbons (Fsp3) is 0.778. The van der Waals surface area contributed by atoms with Crippen LogP contribution < -0.4 is 5.32 Å². The van der Waals surface area contributed by atoms with Gasteiger partial charge in [-0.15, -0.1) is 0 Å². The van der Waals surface area contributed by atoms with Crippen molar-refractivity contribution in [2.75, 3.05) is 6.61 Å². The number of nitrogens with one attached hydrogen (secondary N) is 1. The first-order valence-corrected chi connectivity index (χ1v) is 5.35. The van der Waals surface area contributed by atoms with E-state index >= 15 is 0 Å². The highest BCUT2D eigenvalue weighted by molar-refractivity contribution is 5.99. The van der Waals surface area contributed by atoms with Crippen LogP contribution in [-0.4, -0.2) is 69.6 Å². The van der Waals surface area contributed by atoms with Crippen molar-refractivity contribution < 1.29 is 34.0 Å². The van der Waals surface area contributed by atoms with E-state index in [0.29, 0.717) is 4.90 Å². The minimum atomic E-state index is -2.28. The van der Waals surface area contributed by atoms with Crippen LogP contribution in [0.15, 0.2) is 0 Å². The van der Waals surface area contributed by atoms with Gasteiger partial charge in [-0.2, -0.15) is 0 Å². The number of alkyl halides is 1. The number of ether oxygens (including phenoxy) is 1. The Bertz CT molecular complexity index is 367. The number of imide groups is 1.